The molecule has 0 unspecified atom stereocenters. The third-order valence-corrected chi connectivity index (χ3v) is 4.73. The van der Waals surface area contributed by atoms with Crippen LogP contribution in [0, 0.1) is 13.8 Å². The Labute approximate surface area is 156 Å². The summed E-state index contributed by atoms with van der Waals surface area (Å²) in [5, 5.41) is 7.94. The van der Waals surface area contributed by atoms with Gasteiger partial charge in [-0.3, -0.25) is 14.9 Å². The van der Waals surface area contributed by atoms with Crippen molar-refractivity contribution < 1.29 is 9.59 Å². The molecule has 0 atom stereocenters. The van der Waals surface area contributed by atoms with Crippen molar-refractivity contribution in [1.29, 1.82) is 0 Å². The lowest BCUT2D eigenvalue weighted by atomic mass is 10.1. The molecule has 0 bridgehead atoms. The molecule has 1 aromatic heterocycles. The second-order valence-electron chi connectivity index (χ2n) is 6.05. The molecule has 26 heavy (non-hydrogen) atoms. The lowest BCUT2D eigenvalue weighted by Crippen LogP contribution is -2.13. The van der Waals surface area contributed by atoms with E-state index in [9.17, 15) is 9.59 Å². The molecular formula is C20H19N3O2S. The molecule has 2 N–H and O–H groups in total. The first-order valence-electron chi connectivity index (χ1n) is 8.14. The molecule has 0 aliphatic heterocycles. The van der Waals surface area contributed by atoms with Gasteiger partial charge in [-0.2, -0.15) is 0 Å². The van der Waals surface area contributed by atoms with Gasteiger partial charge < -0.3 is 5.32 Å². The largest absolute Gasteiger partial charge is 0.326 e. The Bertz CT molecular complexity index is 979. The maximum atomic E-state index is 12.4. The van der Waals surface area contributed by atoms with Crippen LogP contribution in [-0.4, -0.2) is 16.8 Å². The minimum atomic E-state index is -0.266. The number of benzene rings is 2. The van der Waals surface area contributed by atoms with E-state index >= 15 is 0 Å². The van der Waals surface area contributed by atoms with E-state index < -0.39 is 0 Å². The maximum absolute atomic E-state index is 12.4. The number of hydrogen-bond acceptors (Lipinski definition) is 4. The Hall–Kier alpha value is -2.99. The van der Waals surface area contributed by atoms with Crippen molar-refractivity contribution >= 4 is 34.0 Å². The summed E-state index contributed by atoms with van der Waals surface area (Å²) in [4.78, 5) is 28.1. The summed E-state index contributed by atoms with van der Waals surface area (Å²) in [5.41, 5.74) is 5.34. The number of carbonyl (C=O) groups excluding carboxylic acids is 2. The third-order valence-electron chi connectivity index (χ3n) is 3.97. The van der Waals surface area contributed by atoms with Crippen LogP contribution in [0.5, 0.6) is 0 Å². The van der Waals surface area contributed by atoms with E-state index in [0.717, 1.165) is 11.3 Å². The number of carbonyl (C=O) groups is 2. The normalized spacial score (nSPS) is 10.4. The van der Waals surface area contributed by atoms with Crippen LogP contribution >= 0.6 is 11.3 Å². The van der Waals surface area contributed by atoms with Crippen molar-refractivity contribution in [1.82, 2.24) is 4.98 Å². The van der Waals surface area contributed by atoms with Crippen LogP contribution in [0.4, 0.5) is 10.8 Å². The van der Waals surface area contributed by atoms with Gasteiger partial charge in [0.2, 0.25) is 5.91 Å². The van der Waals surface area contributed by atoms with Gasteiger partial charge in [0, 0.05) is 29.1 Å². The SMILES string of the molecule is CC(=O)Nc1cccc(C(=O)Nc2nc(-c3ccc(C)c(C)c3)cs2)c1. The van der Waals surface area contributed by atoms with E-state index in [1.807, 2.05) is 11.4 Å². The molecule has 6 heteroatoms. The first kappa shape index (κ1) is 17.8. The number of thiazole rings is 1. The molecule has 3 aromatic rings. The van der Waals surface area contributed by atoms with Crippen molar-refractivity contribution in [3.63, 3.8) is 0 Å². The zero-order chi connectivity index (χ0) is 18.7. The van der Waals surface area contributed by atoms with E-state index in [0.29, 0.717) is 16.4 Å². The molecule has 0 saturated carbocycles. The van der Waals surface area contributed by atoms with Crippen LogP contribution in [0.15, 0.2) is 47.8 Å². The van der Waals surface area contributed by atoms with E-state index in [2.05, 4.69) is 41.6 Å². The summed E-state index contributed by atoms with van der Waals surface area (Å²) in [6, 6.07) is 13.0. The second kappa shape index (κ2) is 7.49. The quantitative estimate of drug-likeness (QED) is 0.708. The number of anilines is 2. The molecule has 2 amide bonds. The minimum absolute atomic E-state index is 0.180. The van der Waals surface area contributed by atoms with Gasteiger partial charge in [-0.15, -0.1) is 11.3 Å². The van der Waals surface area contributed by atoms with Crippen LogP contribution in [0.3, 0.4) is 0 Å². The fraction of sp³-hybridized carbons (Fsp3) is 0.150. The molecule has 0 saturated heterocycles. The number of nitrogens with zero attached hydrogens (tertiary/aromatic N) is 1. The Morgan fingerprint density at radius 2 is 1.81 bits per heavy atom. The van der Waals surface area contributed by atoms with Crippen molar-refractivity contribution in [2.75, 3.05) is 10.6 Å². The number of hydrogen-bond donors (Lipinski definition) is 2. The van der Waals surface area contributed by atoms with E-state index in [4.69, 9.17) is 0 Å². The summed E-state index contributed by atoms with van der Waals surface area (Å²) in [6.45, 7) is 5.56. The predicted octanol–water partition coefficient (Wildman–Crippen LogP) is 4.64. The van der Waals surface area contributed by atoms with Gasteiger partial charge in [0.15, 0.2) is 5.13 Å². The van der Waals surface area contributed by atoms with E-state index in [-0.39, 0.29) is 11.8 Å². The molecule has 0 fully saturated rings. The van der Waals surface area contributed by atoms with Crippen molar-refractivity contribution in [2.45, 2.75) is 20.8 Å². The molecule has 3 rings (SSSR count). The zero-order valence-corrected chi connectivity index (χ0v) is 15.6. The zero-order valence-electron chi connectivity index (χ0n) is 14.8. The van der Waals surface area contributed by atoms with Crippen molar-refractivity contribution in [3.8, 4) is 11.3 Å². The molecule has 132 valence electrons. The van der Waals surface area contributed by atoms with Gasteiger partial charge in [0.1, 0.15) is 0 Å². The van der Waals surface area contributed by atoms with Crippen LogP contribution in [0.2, 0.25) is 0 Å². The van der Waals surface area contributed by atoms with Gasteiger partial charge in [-0.1, -0.05) is 18.2 Å². The Morgan fingerprint density at radius 3 is 2.54 bits per heavy atom. The van der Waals surface area contributed by atoms with Crippen LogP contribution in [-0.2, 0) is 4.79 Å². The molecule has 1 heterocycles. The lowest BCUT2D eigenvalue weighted by molar-refractivity contribution is -0.114. The predicted molar refractivity (Wildman–Crippen MR) is 106 cm³/mol. The first-order valence-corrected chi connectivity index (χ1v) is 9.02. The highest BCUT2D eigenvalue weighted by Gasteiger charge is 2.11. The van der Waals surface area contributed by atoms with Gasteiger partial charge in [0.25, 0.3) is 5.91 Å². The van der Waals surface area contributed by atoms with Crippen LogP contribution < -0.4 is 10.6 Å². The fourth-order valence-electron chi connectivity index (χ4n) is 2.48. The molecule has 5 nitrogen and oxygen atoms in total. The van der Waals surface area contributed by atoms with Gasteiger partial charge >= 0.3 is 0 Å². The molecule has 0 radical (unpaired) electrons. The van der Waals surface area contributed by atoms with Gasteiger partial charge in [-0.25, -0.2) is 4.98 Å². The Kier molecular flexibility index (Phi) is 5.14. The number of aryl methyl sites for hydroxylation is 2. The average Bonchev–Trinajstić information content (AvgIpc) is 3.05. The summed E-state index contributed by atoms with van der Waals surface area (Å²) >= 11 is 1.38. The summed E-state index contributed by atoms with van der Waals surface area (Å²) < 4.78 is 0. The summed E-state index contributed by atoms with van der Waals surface area (Å²) in [7, 11) is 0. The van der Waals surface area contributed by atoms with Crippen LogP contribution in [0.25, 0.3) is 11.3 Å². The van der Waals surface area contributed by atoms with E-state index in [1.165, 1.54) is 29.4 Å². The Balaban J connectivity index is 1.75. The molecule has 2 aromatic carbocycles. The summed E-state index contributed by atoms with van der Waals surface area (Å²) in [6.07, 6.45) is 0. The fourth-order valence-corrected chi connectivity index (χ4v) is 3.19. The number of amides is 2. The molecule has 0 aliphatic rings. The smallest absolute Gasteiger partial charge is 0.257 e. The minimum Gasteiger partial charge on any atom is -0.326 e. The van der Waals surface area contributed by atoms with Gasteiger partial charge in [-0.05, 0) is 49.2 Å². The second-order valence-corrected chi connectivity index (χ2v) is 6.91. The van der Waals surface area contributed by atoms with E-state index in [1.54, 1.807) is 24.3 Å². The number of nitrogens with one attached hydrogen (secondary N) is 2. The number of rotatable bonds is 4. The van der Waals surface area contributed by atoms with Gasteiger partial charge in [0.05, 0.1) is 5.69 Å². The maximum Gasteiger partial charge on any atom is 0.257 e. The Morgan fingerprint density at radius 1 is 1.00 bits per heavy atom. The third kappa shape index (κ3) is 4.15. The molecular weight excluding hydrogens is 346 g/mol. The van der Waals surface area contributed by atoms with Crippen molar-refractivity contribution in [2.24, 2.45) is 0 Å². The number of aromatic nitrogens is 1. The highest BCUT2D eigenvalue weighted by molar-refractivity contribution is 7.14. The summed E-state index contributed by atoms with van der Waals surface area (Å²) in [5.74, 6) is -0.446. The topological polar surface area (TPSA) is 71.1 Å². The standard InChI is InChI=1S/C20H19N3O2S/c1-12-7-8-15(9-13(12)2)18-11-26-20(22-18)23-19(25)16-5-4-6-17(10-16)21-14(3)24/h4-11H,1-3H3,(H,21,24)(H,22,23,25). The monoisotopic (exact) mass is 365 g/mol. The highest BCUT2D eigenvalue weighted by Crippen LogP contribution is 2.27. The molecule has 0 aliphatic carbocycles. The van der Waals surface area contributed by atoms with Crippen molar-refractivity contribution in [3.05, 3.63) is 64.5 Å². The molecule has 0 spiro atoms. The van der Waals surface area contributed by atoms with Crippen LogP contribution in [0.1, 0.15) is 28.4 Å². The highest BCUT2D eigenvalue weighted by atomic mass is 32.1. The average molecular weight is 365 g/mol. The lowest BCUT2D eigenvalue weighted by Gasteiger charge is -2.05. The first-order chi connectivity index (χ1) is 12.4.